The van der Waals surface area contributed by atoms with Crippen LogP contribution in [0, 0.1) is 0 Å². The van der Waals surface area contributed by atoms with E-state index >= 15 is 0 Å². The molecule has 0 aliphatic rings. The maximum absolute atomic E-state index is 6.09. The summed E-state index contributed by atoms with van der Waals surface area (Å²) in [5.41, 5.74) is 4.10. The first-order valence-corrected chi connectivity index (χ1v) is 14.2. The summed E-state index contributed by atoms with van der Waals surface area (Å²) in [7, 11) is 0. The minimum absolute atomic E-state index is 0.588. The van der Waals surface area contributed by atoms with Gasteiger partial charge in [-0.05, 0) is 50.5 Å². The maximum Gasteiger partial charge on any atom is 0.227 e. The lowest BCUT2D eigenvalue weighted by Crippen LogP contribution is -2.01. The Morgan fingerprint density at radius 1 is 0.419 bits per heavy atom. The minimum atomic E-state index is 0.588. The van der Waals surface area contributed by atoms with Crippen molar-refractivity contribution in [2.24, 2.45) is 0 Å². The van der Waals surface area contributed by atoms with E-state index in [1.165, 1.54) is 21.5 Å². The molecule has 0 N–H and O–H groups in total. The molecule has 6 aromatic carbocycles. The summed E-state index contributed by atoms with van der Waals surface area (Å²) in [4.78, 5) is 19.6. The van der Waals surface area contributed by atoms with Crippen LogP contribution in [-0.2, 0) is 0 Å². The van der Waals surface area contributed by atoms with Crippen molar-refractivity contribution in [1.29, 1.82) is 0 Å². The molecular weight excluding hydrogens is 528 g/mol. The fourth-order valence-corrected chi connectivity index (χ4v) is 6.23. The summed E-state index contributed by atoms with van der Waals surface area (Å²) >= 11 is 0. The van der Waals surface area contributed by atoms with Gasteiger partial charge in [0.1, 0.15) is 5.58 Å². The fourth-order valence-electron chi connectivity index (χ4n) is 6.23. The van der Waals surface area contributed by atoms with Gasteiger partial charge in [-0.15, -0.1) is 0 Å². The van der Waals surface area contributed by atoms with Crippen LogP contribution in [0.15, 0.2) is 138 Å². The number of aromatic nitrogens is 4. The third-order valence-corrected chi connectivity index (χ3v) is 8.21. The van der Waals surface area contributed by atoms with Crippen LogP contribution >= 0.6 is 0 Å². The van der Waals surface area contributed by atoms with Gasteiger partial charge in [-0.2, -0.15) is 0 Å². The Labute approximate surface area is 246 Å². The highest BCUT2D eigenvalue weighted by Crippen LogP contribution is 2.38. The quantitative estimate of drug-likeness (QED) is 0.205. The predicted octanol–water partition coefficient (Wildman–Crippen LogP) is 9.63. The van der Waals surface area contributed by atoms with Gasteiger partial charge in [0.25, 0.3) is 0 Å². The summed E-state index contributed by atoms with van der Waals surface area (Å²) in [6.07, 6.45) is 1.74. The molecule has 0 aliphatic heterocycles. The van der Waals surface area contributed by atoms with Crippen LogP contribution in [0.3, 0.4) is 0 Å². The molecule has 0 saturated heterocycles. The lowest BCUT2D eigenvalue weighted by molar-refractivity contribution is 0.654. The van der Waals surface area contributed by atoms with Crippen molar-refractivity contribution < 1.29 is 4.42 Å². The number of hydrogen-bond acceptors (Lipinski definition) is 5. The molecule has 0 spiro atoms. The van der Waals surface area contributed by atoms with E-state index in [9.17, 15) is 0 Å². The number of rotatable bonds is 3. The summed E-state index contributed by atoms with van der Waals surface area (Å²) < 4.78 is 6.09. The molecule has 9 aromatic rings. The van der Waals surface area contributed by atoms with Gasteiger partial charge < -0.3 is 4.42 Å². The molecule has 9 rings (SSSR count). The Morgan fingerprint density at radius 3 is 2.00 bits per heavy atom. The molecule has 0 radical (unpaired) electrons. The van der Waals surface area contributed by atoms with Crippen molar-refractivity contribution in [3.05, 3.63) is 134 Å². The zero-order valence-electron chi connectivity index (χ0n) is 22.9. The van der Waals surface area contributed by atoms with E-state index in [-0.39, 0.29) is 0 Å². The van der Waals surface area contributed by atoms with Crippen LogP contribution in [0.2, 0.25) is 0 Å². The van der Waals surface area contributed by atoms with Gasteiger partial charge in [-0.3, -0.25) is 0 Å². The van der Waals surface area contributed by atoms with Crippen molar-refractivity contribution in [3.63, 3.8) is 0 Å². The van der Waals surface area contributed by atoms with Crippen molar-refractivity contribution in [2.45, 2.75) is 0 Å². The van der Waals surface area contributed by atoms with Crippen molar-refractivity contribution in [3.8, 4) is 34.2 Å². The van der Waals surface area contributed by atoms with E-state index < -0.39 is 0 Å². The zero-order chi connectivity index (χ0) is 28.3. The predicted molar refractivity (Wildman–Crippen MR) is 174 cm³/mol. The van der Waals surface area contributed by atoms with Gasteiger partial charge in [-0.1, -0.05) is 109 Å². The molecular formula is C38H22N4O. The Bertz CT molecular complexity index is 2520. The van der Waals surface area contributed by atoms with Gasteiger partial charge >= 0.3 is 0 Å². The smallest absolute Gasteiger partial charge is 0.227 e. The second kappa shape index (κ2) is 9.29. The molecule has 43 heavy (non-hydrogen) atoms. The highest BCUT2D eigenvalue weighted by atomic mass is 16.3. The number of pyridine rings is 1. The first-order valence-electron chi connectivity index (χ1n) is 14.2. The zero-order valence-corrected chi connectivity index (χ0v) is 22.9. The van der Waals surface area contributed by atoms with Crippen LogP contribution in [0.5, 0.6) is 0 Å². The van der Waals surface area contributed by atoms with Crippen LogP contribution in [0.1, 0.15) is 0 Å². The summed E-state index contributed by atoms with van der Waals surface area (Å²) in [5.74, 6) is 1.83. The average molecular weight is 551 g/mol. The number of hydrogen-bond donors (Lipinski definition) is 0. The molecule has 0 fully saturated rings. The van der Waals surface area contributed by atoms with E-state index in [2.05, 4.69) is 71.7 Å². The Hall–Kier alpha value is -5.94. The molecule has 5 nitrogen and oxygen atoms in total. The minimum Gasteiger partial charge on any atom is -0.438 e. The van der Waals surface area contributed by atoms with E-state index in [1.807, 2.05) is 60.7 Å². The summed E-state index contributed by atoms with van der Waals surface area (Å²) in [5, 5.41) is 9.05. The van der Waals surface area contributed by atoms with E-state index in [0.717, 1.165) is 43.8 Å². The van der Waals surface area contributed by atoms with E-state index in [4.69, 9.17) is 19.4 Å². The molecule has 5 heteroatoms. The second-order valence-electron chi connectivity index (χ2n) is 10.7. The topological polar surface area (TPSA) is 64.7 Å². The fraction of sp³-hybridized carbons (Fsp3) is 0. The van der Waals surface area contributed by atoms with Crippen LogP contribution < -0.4 is 0 Å². The third-order valence-electron chi connectivity index (χ3n) is 8.21. The molecule has 0 unspecified atom stereocenters. The monoisotopic (exact) mass is 550 g/mol. The number of nitrogens with zero attached hydrogens (tertiary/aromatic N) is 4. The maximum atomic E-state index is 6.09. The standard InChI is InChI=1S/C38H22N4O/c1-2-10-24(11-3-1)35-40-36(42-37(41-35)31-15-7-17-33-34(31)32-16-8-22-39-38(32)43-33)30-14-6-13-26-28-19-18-23-9-4-5-12-25(23)27(28)20-21-29(26)30/h1-22H. The summed E-state index contributed by atoms with van der Waals surface area (Å²) in [6, 6.07) is 43.7. The number of furan rings is 1. The molecule has 0 amide bonds. The first-order chi connectivity index (χ1) is 21.3. The molecule has 0 atom stereocenters. The first kappa shape index (κ1) is 23.7. The normalized spacial score (nSPS) is 11.7. The Morgan fingerprint density at radius 2 is 1.07 bits per heavy atom. The third kappa shape index (κ3) is 3.72. The molecule has 0 aliphatic carbocycles. The average Bonchev–Trinajstić information content (AvgIpc) is 3.47. The molecule has 0 bridgehead atoms. The van der Waals surface area contributed by atoms with Crippen molar-refractivity contribution >= 4 is 54.4 Å². The van der Waals surface area contributed by atoms with Gasteiger partial charge in [0.05, 0.1) is 0 Å². The highest BCUT2D eigenvalue weighted by Gasteiger charge is 2.19. The van der Waals surface area contributed by atoms with E-state index in [1.54, 1.807) is 6.20 Å². The van der Waals surface area contributed by atoms with Crippen LogP contribution in [0.25, 0.3) is 88.5 Å². The molecule has 3 heterocycles. The Kier molecular flexibility index (Phi) is 5.13. The molecule has 3 aromatic heterocycles. The van der Waals surface area contributed by atoms with Gasteiger partial charge in [0.2, 0.25) is 5.71 Å². The van der Waals surface area contributed by atoms with Crippen molar-refractivity contribution in [2.75, 3.05) is 0 Å². The lowest BCUT2D eigenvalue weighted by Gasteiger charge is -2.12. The molecule has 0 saturated carbocycles. The van der Waals surface area contributed by atoms with Crippen LogP contribution in [-0.4, -0.2) is 19.9 Å². The number of benzene rings is 6. The second-order valence-corrected chi connectivity index (χ2v) is 10.7. The Balaban J connectivity index is 1.33. The largest absolute Gasteiger partial charge is 0.438 e. The van der Waals surface area contributed by atoms with Gasteiger partial charge in [0, 0.05) is 33.7 Å². The number of fused-ring (bicyclic) bond motifs is 8. The van der Waals surface area contributed by atoms with E-state index in [0.29, 0.717) is 23.2 Å². The highest BCUT2D eigenvalue weighted by molar-refractivity contribution is 6.19. The summed E-state index contributed by atoms with van der Waals surface area (Å²) in [6.45, 7) is 0. The molecule has 200 valence electrons. The SMILES string of the molecule is c1ccc(-c2nc(-c3cccc4c3ccc3c5ccccc5ccc43)nc(-c3cccc4oc5ncccc5c34)n2)cc1. The van der Waals surface area contributed by atoms with Crippen LogP contribution in [0.4, 0.5) is 0 Å². The van der Waals surface area contributed by atoms with Crippen molar-refractivity contribution in [1.82, 2.24) is 19.9 Å². The lowest BCUT2D eigenvalue weighted by atomic mass is 9.95. The van der Waals surface area contributed by atoms with Gasteiger partial charge in [0.15, 0.2) is 17.5 Å². The van der Waals surface area contributed by atoms with Gasteiger partial charge in [-0.25, -0.2) is 19.9 Å².